The van der Waals surface area contributed by atoms with Crippen molar-refractivity contribution >= 4 is 17.5 Å². The monoisotopic (exact) mass is 253 g/mol. The molecule has 0 amide bonds. The van der Waals surface area contributed by atoms with E-state index in [9.17, 15) is 10.1 Å². The van der Waals surface area contributed by atoms with Crippen LogP contribution >= 0.6 is 0 Å². The average molecular weight is 253 g/mol. The Kier molecular flexibility index (Phi) is 4.82. The van der Waals surface area contributed by atoms with Gasteiger partial charge in [-0.1, -0.05) is 20.3 Å². The summed E-state index contributed by atoms with van der Waals surface area (Å²) in [6.45, 7) is 6.15. The second-order valence-corrected chi connectivity index (χ2v) is 4.25. The molecule has 0 aromatic carbocycles. The SMILES string of the molecule is CCC(C)C(C)Nc1nc(NC)ncc1[N+](=O)[O-]. The van der Waals surface area contributed by atoms with Crippen LogP contribution in [0, 0.1) is 16.0 Å². The lowest BCUT2D eigenvalue weighted by Crippen LogP contribution is -2.24. The van der Waals surface area contributed by atoms with Crippen LogP contribution < -0.4 is 10.6 Å². The third-order valence-corrected chi connectivity index (χ3v) is 3.05. The molecule has 0 spiro atoms. The van der Waals surface area contributed by atoms with Gasteiger partial charge in [0, 0.05) is 13.1 Å². The van der Waals surface area contributed by atoms with Gasteiger partial charge in [0.05, 0.1) is 4.92 Å². The van der Waals surface area contributed by atoms with Gasteiger partial charge in [0.2, 0.25) is 11.8 Å². The molecular formula is C11H19N5O2. The molecule has 2 atom stereocenters. The van der Waals surface area contributed by atoms with Crippen molar-refractivity contribution in [1.29, 1.82) is 0 Å². The number of hydrogen-bond donors (Lipinski definition) is 2. The first-order chi connectivity index (χ1) is 8.49. The summed E-state index contributed by atoms with van der Waals surface area (Å²) in [5, 5.41) is 16.8. The second kappa shape index (κ2) is 6.13. The maximum atomic E-state index is 10.9. The van der Waals surface area contributed by atoms with Crippen LogP contribution in [0.25, 0.3) is 0 Å². The van der Waals surface area contributed by atoms with E-state index in [-0.39, 0.29) is 17.5 Å². The highest BCUT2D eigenvalue weighted by Gasteiger charge is 2.20. The molecule has 7 heteroatoms. The summed E-state index contributed by atoms with van der Waals surface area (Å²) < 4.78 is 0. The van der Waals surface area contributed by atoms with Crippen LogP contribution in [0.5, 0.6) is 0 Å². The number of nitrogens with zero attached hydrogens (tertiary/aromatic N) is 3. The van der Waals surface area contributed by atoms with E-state index in [4.69, 9.17) is 0 Å². The Bertz CT molecular complexity index is 424. The van der Waals surface area contributed by atoms with E-state index in [1.165, 1.54) is 6.20 Å². The first kappa shape index (κ1) is 14.1. The first-order valence-electron chi connectivity index (χ1n) is 5.95. The Labute approximate surface area is 106 Å². The highest BCUT2D eigenvalue weighted by molar-refractivity contribution is 5.57. The lowest BCUT2D eigenvalue weighted by Gasteiger charge is -2.20. The molecule has 0 fully saturated rings. The summed E-state index contributed by atoms with van der Waals surface area (Å²) in [5.41, 5.74) is -0.107. The number of rotatable bonds is 6. The summed E-state index contributed by atoms with van der Waals surface area (Å²) in [6.07, 6.45) is 2.20. The molecule has 1 rings (SSSR count). The van der Waals surface area contributed by atoms with Crippen LogP contribution in [0.2, 0.25) is 0 Å². The molecule has 2 N–H and O–H groups in total. The lowest BCUT2D eigenvalue weighted by molar-refractivity contribution is -0.384. The van der Waals surface area contributed by atoms with Crippen LogP contribution in [0.4, 0.5) is 17.5 Å². The van der Waals surface area contributed by atoms with Crippen molar-refractivity contribution in [3.8, 4) is 0 Å². The van der Waals surface area contributed by atoms with Gasteiger partial charge in [-0.25, -0.2) is 4.98 Å². The Hall–Kier alpha value is -1.92. The van der Waals surface area contributed by atoms with Crippen LogP contribution in [0.15, 0.2) is 6.20 Å². The summed E-state index contributed by atoms with van der Waals surface area (Å²) >= 11 is 0. The summed E-state index contributed by atoms with van der Waals surface area (Å²) in [5.74, 6) is 1.02. The highest BCUT2D eigenvalue weighted by Crippen LogP contribution is 2.24. The standard InChI is InChI=1S/C11H19N5O2/c1-5-7(2)8(3)14-10-9(16(17)18)6-13-11(12-4)15-10/h6-8H,5H2,1-4H3,(H2,12,13,14,15). The maximum absolute atomic E-state index is 10.9. The van der Waals surface area contributed by atoms with Gasteiger partial charge >= 0.3 is 5.69 Å². The van der Waals surface area contributed by atoms with Crippen molar-refractivity contribution in [1.82, 2.24) is 9.97 Å². The molecule has 0 aliphatic rings. The van der Waals surface area contributed by atoms with Gasteiger partial charge in [0.1, 0.15) is 6.20 Å². The van der Waals surface area contributed by atoms with E-state index in [1.807, 2.05) is 6.92 Å². The smallest absolute Gasteiger partial charge is 0.329 e. The number of nitrogens with one attached hydrogen (secondary N) is 2. The van der Waals surface area contributed by atoms with Crippen molar-refractivity contribution in [2.75, 3.05) is 17.7 Å². The van der Waals surface area contributed by atoms with Crippen LogP contribution in [0.1, 0.15) is 27.2 Å². The van der Waals surface area contributed by atoms with Gasteiger partial charge in [0.15, 0.2) is 0 Å². The van der Waals surface area contributed by atoms with Crippen LogP contribution in [0.3, 0.4) is 0 Å². The number of hydrogen-bond acceptors (Lipinski definition) is 6. The minimum Gasteiger partial charge on any atom is -0.361 e. The number of aromatic nitrogens is 2. The predicted octanol–water partition coefficient (Wildman–Crippen LogP) is 2.27. The van der Waals surface area contributed by atoms with Gasteiger partial charge in [-0.2, -0.15) is 4.98 Å². The second-order valence-electron chi connectivity index (χ2n) is 4.25. The van der Waals surface area contributed by atoms with E-state index in [2.05, 4.69) is 34.4 Å². The molecule has 2 unspecified atom stereocenters. The molecule has 18 heavy (non-hydrogen) atoms. The Morgan fingerprint density at radius 2 is 2.17 bits per heavy atom. The zero-order valence-corrected chi connectivity index (χ0v) is 11.1. The van der Waals surface area contributed by atoms with Gasteiger partial charge in [-0.05, 0) is 12.8 Å². The zero-order chi connectivity index (χ0) is 13.7. The average Bonchev–Trinajstić information content (AvgIpc) is 2.37. The van der Waals surface area contributed by atoms with Crippen LogP contribution in [-0.2, 0) is 0 Å². The van der Waals surface area contributed by atoms with Gasteiger partial charge < -0.3 is 10.6 Å². The largest absolute Gasteiger partial charge is 0.361 e. The van der Waals surface area contributed by atoms with Crippen LogP contribution in [-0.4, -0.2) is 28.0 Å². The molecule has 0 saturated carbocycles. The number of anilines is 2. The topological polar surface area (TPSA) is 93.0 Å². The minimum absolute atomic E-state index is 0.105. The van der Waals surface area contributed by atoms with E-state index in [1.54, 1.807) is 7.05 Å². The fourth-order valence-corrected chi connectivity index (χ4v) is 1.45. The van der Waals surface area contributed by atoms with Crippen molar-refractivity contribution in [2.45, 2.75) is 33.2 Å². The van der Waals surface area contributed by atoms with Gasteiger partial charge in [-0.15, -0.1) is 0 Å². The van der Waals surface area contributed by atoms with E-state index in [0.29, 0.717) is 11.9 Å². The molecule has 1 heterocycles. The Morgan fingerprint density at radius 1 is 1.50 bits per heavy atom. The van der Waals surface area contributed by atoms with E-state index >= 15 is 0 Å². The fraction of sp³-hybridized carbons (Fsp3) is 0.636. The van der Waals surface area contributed by atoms with Crippen molar-refractivity contribution in [3.63, 3.8) is 0 Å². The Balaban J connectivity index is 3.00. The molecule has 0 bridgehead atoms. The molecule has 7 nitrogen and oxygen atoms in total. The fourth-order valence-electron chi connectivity index (χ4n) is 1.45. The minimum atomic E-state index is -0.481. The molecular weight excluding hydrogens is 234 g/mol. The third kappa shape index (κ3) is 3.28. The Morgan fingerprint density at radius 3 is 2.67 bits per heavy atom. The van der Waals surface area contributed by atoms with E-state index < -0.39 is 4.92 Å². The van der Waals surface area contributed by atoms with Gasteiger partial charge in [0.25, 0.3) is 0 Å². The quantitative estimate of drug-likeness (QED) is 0.596. The predicted molar refractivity (Wildman–Crippen MR) is 70.8 cm³/mol. The van der Waals surface area contributed by atoms with Crippen molar-refractivity contribution in [3.05, 3.63) is 16.3 Å². The molecule has 0 aliphatic heterocycles. The maximum Gasteiger partial charge on any atom is 0.329 e. The normalized spacial score (nSPS) is 13.8. The van der Waals surface area contributed by atoms with Crippen molar-refractivity contribution < 1.29 is 4.92 Å². The molecule has 0 aliphatic carbocycles. The van der Waals surface area contributed by atoms with Gasteiger partial charge in [-0.3, -0.25) is 10.1 Å². The highest BCUT2D eigenvalue weighted by atomic mass is 16.6. The lowest BCUT2D eigenvalue weighted by atomic mass is 10.0. The molecule has 1 aromatic heterocycles. The van der Waals surface area contributed by atoms with E-state index in [0.717, 1.165) is 6.42 Å². The molecule has 0 saturated heterocycles. The van der Waals surface area contributed by atoms with Crippen molar-refractivity contribution in [2.24, 2.45) is 5.92 Å². The third-order valence-electron chi connectivity index (χ3n) is 3.05. The summed E-state index contributed by atoms with van der Waals surface area (Å²) in [4.78, 5) is 18.4. The number of nitro groups is 1. The molecule has 1 aromatic rings. The molecule has 0 radical (unpaired) electrons. The zero-order valence-electron chi connectivity index (χ0n) is 11.1. The first-order valence-corrected chi connectivity index (χ1v) is 5.95. The summed E-state index contributed by atoms with van der Waals surface area (Å²) in [6, 6.07) is 0.105. The molecule has 100 valence electrons. The summed E-state index contributed by atoms with van der Waals surface area (Å²) in [7, 11) is 1.67.